The van der Waals surface area contributed by atoms with Gasteiger partial charge in [0.05, 0.1) is 5.41 Å². The molecule has 0 aliphatic carbocycles. The number of nitrogens with zero attached hydrogens (tertiary/aromatic N) is 3. The van der Waals surface area contributed by atoms with E-state index in [1.165, 1.54) is 0 Å². The molecule has 0 radical (unpaired) electrons. The van der Waals surface area contributed by atoms with Crippen LogP contribution >= 0.6 is 12.4 Å². The minimum Gasteiger partial charge on any atom is -0.347 e. The fourth-order valence-electron chi connectivity index (χ4n) is 4.14. The molecule has 32 heavy (non-hydrogen) atoms. The number of halogens is 1. The van der Waals surface area contributed by atoms with Crippen LogP contribution < -0.4 is 10.6 Å². The lowest BCUT2D eigenvalue weighted by atomic mass is 9.71. The van der Waals surface area contributed by atoms with Crippen LogP contribution in [0.25, 0.3) is 0 Å². The minimum absolute atomic E-state index is 0. The average molecular weight is 452 g/mol. The fourth-order valence-corrected chi connectivity index (χ4v) is 4.14. The molecule has 2 amide bonds. The minimum atomic E-state index is -0.758. The first-order valence-corrected chi connectivity index (χ1v) is 10.2. The van der Waals surface area contributed by atoms with E-state index in [9.17, 15) is 9.59 Å². The highest BCUT2D eigenvalue weighted by Crippen LogP contribution is 2.45. The van der Waals surface area contributed by atoms with E-state index in [1.807, 2.05) is 58.0 Å². The molecule has 0 fully saturated rings. The van der Waals surface area contributed by atoms with E-state index in [-0.39, 0.29) is 30.1 Å². The van der Waals surface area contributed by atoms with Gasteiger partial charge in [-0.3, -0.25) is 19.6 Å². The molecule has 2 N–H and O–H groups in total. The van der Waals surface area contributed by atoms with E-state index in [4.69, 9.17) is 0 Å². The van der Waals surface area contributed by atoms with Crippen molar-refractivity contribution in [3.63, 3.8) is 0 Å². The van der Waals surface area contributed by atoms with E-state index in [0.717, 1.165) is 28.1 Å². The molecule has 3 aromatic heterocycles. The summed E-state index contributed by atoms with van der Waals surface area (Å²) in [7, 11) is 0. The van der Waals surface area contributed by atoms with Gasteiger partial charge in [-0.15, -0.1) is 12.4 Å². The molecule has 0 saturated heterocycles. The first-order valence-electron chi connectivity index (χ1n) is 10.2. The summed E-state index contributed by atoms with van der Waals surface area (Å²) in [5.74, 6) is 0.127. The van der Waals surface area contributed by atoms with Crippen LogP contribution in [0.15, 0.2) is 48.8 Å². The van der Waals surface area contributed by atoms with Gasteiger partial charge in [0.15, 0.2) is 0 Å². The Balaban J connectivity index is 0.00000289. The molecular formula is C24H26ClN5O2. The Morgan fingerprint density at radius 2 is 1.88 bits per heavy atom. The molecule has 4 heterocycles. The normalized spacial score (nSPS) is 17.7. The molecule has 0 bridgehead atoms. The molecule has 1 unspecified atom stereocenters. The molecule has 0 aromatic carbocycles. The van der Waals surface area contributed by atoms with Crippen molar-refractivity contribution in [1.82, 2.24) is 20.3 Å². The first-order chi connectivity index (χ1) is 14.8. The summed E-state index contributed by atoms with van der Waals surface area (Å²) in [6.45, 7) is 8.18. The predicted molar refractivity (Wildman–Crippen MR) is 125 cm³/mol. The summed E-state index contributed by atoms with van der Waals surface area (Å²) in [5.41, 5.74) is 4.16. The van der Waals surface area contributed by atoms with Gasteiger partial charge in [-0.2, -0.15) is 0 Å². The van der Waals surface area contributed by atoms with Gasteiger partial charge in [0, 0.05) is 41.8 Å². The second-order valence-corrected chi connectivity index (χ2v) is 8.20. The Morgan fingerprint density at radius 3 is 2.53 bits per heavy atom. The van der Waals surface area contributed by atoms with Crippen LogP contribution in [0.2, 0.25) is 0 Å². The Bertz CT molecular complexity index is 1150. The van der Waals surface area contributed by atoms with Crippen LogP contribution in [0.5, 0.6) is 0 Å². The van der Waals surface area contributed by atoms with Crippen molar-refractivity contribution < 1.29 is 9.59 Å². The summed E-state index contributed by atoms with van der Waals surface area (Å²) < 4.78 is 0. The quantitative estimate of drug-likeness (QED) is 0.614. The van der Waals surface area contributed by atoms with E-state index in [2.05, 4.69) is 25.6 Å². The zero-order chi connectivity index (χ0) is 22.2. The number of pyridine rings is 3. The Kier molecular flexibility index (Phi) is 6.60. The number of aromatic nitrogens is 3. The number of carbonyl (C=O) groups is 2. The van der Waals surface area contributed by atoms with Crippen LogP contribution in [-0.4, -0.2) is 26.8 Å². The molecule has 0 saturated carbocycles. The molecule has 8 heteroatoms. The number of hydrogen-bond donors (Lipinski definition) is 2. The molecular weight excluding hydrogens is 426 g/mol. The van der Waals surface area contributed by atoms with E-state index in [1.54, 1.807) is 18.5 Å². The topological polar surface area (TPSA) is 96.9 Å². The van der Waals surface area contributed by atoms with Gasteiger partial charge >= 0.3 is 0 Å². The van der Waals surface area contributed by atoms with Gasteiger partial charge in [-0.25, -0.2) is 4.98 Å². The number of anilines is 1. The van der Waals surface area contributed by atoms with E-state index in [0.29, 0.717) is 18.1 Å². The van der Waals surface area contributed by atoms with Crippen molar-refractivity contribution in [3.05, 3.63) is 82.6 Å². The standard InChI is InChI=1S/C24H25N5O2.ClH/c1-14-10-17(11-15(2)28-14)12-27-22(30)20-8-7-18(13-26-20)16(3)24(4)19-6-5-9-25-21(19)29-23(24)31;/h5-11,13,16H,12H2,1-4H3,(H,27,30)(H,25,29,31);1H/t16?,24-;/m1./s1. The predicted octanol–water partition coefficient (Wildman–Crippen LogP) is 3.85. The summed E-state index contributed by atoms with van der Waals surface area (Å²) in [5, 5.41) is 5.77. The lowest BCUT2D eigenvalue weighted by Crippen LogP contribution is -2.36. The van der Waals surface area contributed by atoms with Gasteiger partial charge in [0.1, 0.15) is 11.5 Å². The third-order valence-electron chi connectivity index (χ3n) is 6.05. The van der Waals surface area contributed by atoms with Crippen molar-refractivity contribution in [1.29, 1.82) is 0 Å². The monoisotopic (exact) mass is 451 g/mol. The lowest BCUT2D eigenvalue weighted by molar-refractivity contribution is -0.120. The Hall–Kier alpha value is -3.32. The third-order valence-corrected chi connectivity index (χ3v) is 6.05. The number of rotatable bonds is 5. The Labute approximate surface area is 193 Å². The molecule has 0 spiro atoms. The maximum atomic E-state index is 12.8. The van der Waals surface area contributed by atoms with Crippen LogP contribution in [0.4, 0.5) is 5.82 Å². The number of carbonyl (C=O) groups excluding carboxylic acids is 2. The second-order valence-electron chi connectivity index (χ2n) is 8.20. The zero-order valence-corrected chi connectivity index (χ0v) is 19.3. The van der Waals surface area contributed by atoms with Crippen LogP contribution in [0.3, 0.4) is 0 Å². The molecule has 2 atom stereocenters. The van der Waals surface area contributed by atoms with Gasteiger partial charge in [0.25, 0.3) is 5.91 Å². The highest BCUT2D eigenvalue weighted by atomic mass is 35.5. The summed E-state index contributed by atoms with van der Waals surface area (Å²) >= 11 is 0. The smallest absolute Gasteiger partial charge is 0.270 e. The molecule has 3 aromatic rings. The molecule has 4 rings (SSSR count). The van der Waals surface area contributed by atoms with Gasteiger partial charge < -0.3 is 10.6 Å². The maximum absolute atomic E-state index is 12.8. The number of fused-ring (bicyclic) bond motifs is 1. The van der Waals surface area contributed by atoms with Crippen molar-refractivity contribution in [2.24, 2.45) is 0 Å². The number of nitrogens with one attached hydrogen (secondary N) is 2. The number of amides is 2. The molecule has 7 nitrogen and oxygen atoms in total. The van der Waals surface area contributed by atoms with E-state index < -0.39 is 5.41 Å². The number of hydrogen-bond acceptors (Lipinski definition) is 5. The molecule has 1 aliphatic rings. The summed E-state index contributed by atoms with van der Waals surface area (Å²) in [4.78, 5) is 38.3. The highest BCUT2D eigenvalue weighted by Gasteiger charge is 2.47. The SMILES string of the molecule is Cc1cc(CNC(=O)c2ccc(C(C)[C@@]3(C)C(=O)Nc4ncccc43)cn2)cc(C)n1.Cl. The summed E-state index contributed by atoms with van der Waals surface area (Å²) in [6.07, 6.45) is 3.34. The number of aryl methyl sites for hydroxylation is 2. The maximum Gasteiger partial charge on any atom is 0.270 e. The van der Waals surface area contributed by atoms with Gasteiger partial charge in [-0.1, -0.05) is 19.1 Å². The fraction of sp³-hybridized carbons (Fsp3) is 0.292. The largest absolute Gasteiger partial charge is 0.347 e. The third kappa shape index (κ3) is 4.21. The average Bonchev–Trinajstić information content (AvgIpc) is 3.02. The van der Waals surface area contributed by atoms with Crippen molar-refractivity contribution in [2.45, 2.75) is 45.6 Å². The van der Waals surface area contributed by atoms with Crippen molar-refractivity contribution in [3.8, 4) is 0 Å². The van der Waals surface area contributed by atoms with E-state index >= 15 is 0 Å². The van der Waals surface area contributed by atoms with Crippen molar-refractivity contribution >= 4 is 30.0 Å². The molecule has 166 valence electrons. The zero-order valence-electron chi connectivity index (χ0n) is 18.5. The van der Waals surface area contributed by atoms with Gasteiger partial charge in [0.2, 0.25) is 5.91 Å². The van der Waals surface area contributed by atoms with Crippen LogP contribution in [-0.2, 0) is 16.8 Å². The summed E-state index contributed by atoms with van der Waals surface area (Å²) in [6, 6.07) is 11.2. The lowest BCUT2D eigenvalue weighted by Gasteiger charge is -2.29. The van der Waals surface area contributed by atoms with Crippen molar-refractivity contribution in [2.75, 3.05) is 5.32 Å². The first kappa shape index (κ1) is 23.3. The highest BCUT2D eigenvalue weighted by molar-refractivity contribution is 6.05. The van der Waals surface area contributed by atoms with Crippen LogP contribution in [0.1, 0.15) is 58.3 Å². The Morgan fingerprint density at radius 1 is 1.16 bits per heavy atom. The van der Waals surface area contributed by atoms with Crippen LogP contribution in [0, 0.1) is 13.8 Å². The second kappa shape index (κ2) is 9.04. The molecule has 1 aliphatic heterocycles. The van der Waals surface area contributed by atoms with Gasteiger partial charge in [-0.05, 0) is 56.2 Å².